The van der Waals surface area contributed by atoms with Crippen molar-refractivity contribution in [3.8, 4) is 11.5 Å². The molecular formula is C20H25FN2O3. The number of nitrogens with one attached hydrogen (secondary N) is 1. The molecule has 2 aromatic carbocycles. The lowest BCUT2D eigenvalue weighted by molar-refractivity contribution is -0.122. The molecule has 0 fully saturated rings. The fourth-order valence-corrected chi connectivity index (χ4v) is 2.56. The van der Waals surface area contributed by atoms with Gasteiger partial charge in [-0.25, -0.2) is 4.39 Å². The first-order valence-corrected chi connectivity index (χ1v) is 8.49. The van der Waals surface area contributed by atoms with Gasteiger partial charge in [0, 0.05) is 11.6 Å². The Bertz CT molecular complexity index is 706. The van der Waals surface area contributed by atoms with E-state index >= 15 is 0 Å². The highest BCUT2D eigenvalue weighted by molar-refractivity contribution is 5.78. The summed E-state index contributed by atoms with van der Waals surface area (Å²) in [7, 11) is 3.53. The van der Waals surface area contributed by atoms with Gasteiger partial charge < -0.3 is 14.8 Å². The molecule has 1 atom stereocenters. The second-order valence-corrected chi connectivity index (χ2v) is 5.99. The number of methoxy groups -OCH3 is 1. The number of ether oxygens (including phenoxy) is 2. The largest absolute Gasteiger partial charge is 0.496 e. The minimum absolute atomic E-state index is 0.0346. The van der Waals surface area contributed by atoms with Gasteiger partial charge in [0.05, 0.1) is 20.2 Å². The average Bonchev–Trinajstić information content (AvgIpc) is 2.66. The Morgan fingerprint density at radius 2 is 1.88 bits per heavy atom. The second-order valence-electron chi connectivity index (χ2n) is 5.99. The van der Waals surface area contributed by atoms with Gasteiger partial charge in [0.25, 0.3) is 0 Å². The molecule has 0 aliphatic heterocycles. The number of likely N-dealkylation sites (N-methyl/N-ethyl adjacent to an activating group) is 1. The van der Waals surface area contributed by atoms with Crippen LogP contribution in [0.1, 0.15) is 18.5 Å². The number of carbonyl (C=O) groups is 1. The fraction of sp³-hybridized carbons (Fsp3) is 0.350. The standard InChI is InChI=1S/C20H25FN2O3/c1-15(18-6-4-5-7-19(18)25-3)23(2)14-20(24)22-12-13-26-17-10-8-16(21)9-11-17/h4-11,15H,12-14H2,1-3H3,(H,22,24). The number of amides is 1. The summed E-state index contributed by atoms with van der Waals surface area (Å²) in [6, 6.07) is 13.6. The van der Waals surface area contributed by atoms with E-state index in [1.165, 1.54) is 12.1 Å². The van der Waals surface area contributed by atoms with Crippen LogP contribution in [0.5, 0.6) is 11.5 Å². The molecule has 1 unspecified atom stereocenters. The Morgan fingerprint density at radius 1 is 1.19 bits per heavy atom. The third kappa shape index (κ3) is 5.74. The van der Waals surface area contributed by atoms with Crippen LogP contribution in [0.4, 0.5) is 4.39 Å². The van der Waals surface area contributed by atoms with Gasteiger partial charge in [0.15, 0.2) is 0 Å². The third-order valence-electron chi connectivity index (χ3n) is 4.15. The highest BCUT2D eigenvalue weighted by Crippen LogP contribution is 2.27. The summed E-state index contributed by atoms with van der Waals surface area (Å²) in [5.41, 5.74) is 1.03. The van der Waals surface area contributed by atoms with Crippen LogP contribution in [-0.2, 0) is 4.79 Å². The molecule has 0 spiro atoms. The molecule has 1 N–H and O–H groups in total. The van der Waals surface area contributed by atoms with Crippen LogP contribution in [0.15, 0.2) is 48.5 Å². The summed E-state index contributed by atoms with van der Waals surface area (Å²) in [5.74, 6) is 0.984. The summed E-state index contributed by atoms with van der Waals surface area (Å²) in [6.07, 6.45) is 0. The summed E-state index contributed by atoms with van der Waals surface area (Å²) in [6.45, 7) is 2.99. The topological polar surface area (TPSA) is 50.8 Å². The molecule has 0 aromatic heterocycles. The van der Waals surface area contributed by atoms with Crippen molar-refractivity contribution in [2.24, 2.45) is 0 Å². The van der Waals surface area contributed by atoms with Crippen LogP contribution in [0, 0.1) is 5.82 Å². The van der Waals surface area contributed by atoms with Gasteiger partial charge in [0.2, 0.25) is 5.91 Å². The number of halogens is 1. The van der Waals surface area contributed by atoms with Gasteiger partial charge in [-0.2, -0.15) is 0 Å². The lowest BCUT2D eigenvalue weighted by atomic mass is 10.1. The van der Waals surface area contributed by atoms with Crippen LogP contribution < -0.4 is 14.8 Å². The Hall–Kier alpha value is -2.60. The second kappa shape index (κ2) is 9.77. The number of nitrogens with zero attached hydrogens (tertiary/aromatic N) is 1. The molecule has 0 saturated heterocycles. The highest BCUT2D eigenvalue weighted by Gasteiger charge is 2.17. The van der Waals surface area contributed by atoms with Crippen molar-refractivity contribution in [1.82, 2.24) is 10.2 Å². The smallest absolute Gasteiger partial charge is 0.234 e. The van der Waals surface area contributed by atoms with Crippen molar-refractivity contribution >= 4 is 5.91 Å². The molecule has 0 heterocycles. The number of carbonyl (C=O) groups excluding carboxylic acids is 1. The number of hydrogen-bond donors (Lipinski definition) is 1. The van der Waals surface area contributed by atoms with Crippen LogP contribution in [0.25, 0.3) is 0 Å². The lowest BCUT2D eigenvalue weighted by Crippen LogP contribution is -2.38. The number of hydrogen-bond acceptors (Lipinski definition) is 4. The van der Waals surface area contributed by atoms with E-state index in [0.29, 0.717) is 18.9 Å². The molecule has 6 heteroatoms. The Balaban J connectivity index is 1.75. The van der Waals surface area contributed by atoms with Crippen molar-refractivity contribution in [1.29, 1.82) is 0 Å². The van der Waals surface area contributed by atoms with Gasteiger partial charge in [-0.1, -0.05) is 18.2 Å². The minimum atomic E-state index is -0.308. The first-order chi connectivity index (χ1) is 12.5. The van der Waals surface area contributed by atoms with E-state index in [1.54, 1.807) is 19.2 Å². The fourth-order valence-electron chi connectivity index (χ4n) is 2.56. The zero-order chi connectivity index (χ0) is 18.9. The predicted molar refractivity (Wildman–Crippen MR) is 98.9 cm³/mol. The van der Waals surface area contributed by atoms with Crippen LogP contribution in [-0.4, -0.2) is 44.7 Å². The summed E-state index contributed by atoms with van der Waals surface area (Å²) < 4.78 is 23.6. The molecule has 0 saturated carbocycles. The average molecular weight is 360 g/mol. The number of para-hydroxylation sites is 1. The van der Waals surface area contributed by atoms with Crippen molar-refractivity contribution in [2.45, 2.75) is 13.0 Å². The molecule has 26 heavy (non-hydrogen) atoms. The zero-order valence-electron chi connectivity index (χ0n) is 15.4. The number of benzene rings is 2. The van der Waals surface area contributed by atoms with Crippen LogP contribution >= 0.6 is 0 Å². The molecule has 2 rings (SSSR count). The summed E-state index contributed by atoms with van der Waals surface area (Å²) >= 11 is 0. The highest BCUT2D eigenvalue weighted by atomic mass is 19.1. The van der Waals surface area contributed by atoms with E-state index in [9.17, 15) is 9.18 Å². The molecular weight excluding hydrogens is 335 g/mol. The van der Waals surface area contributed by atoms with Gasteiger partial charge in [-0.3, -0.25) is 9.69 Å². The predicted octanol–water partition coefficient (Wildman–Crippen LogP) is 3.02. The van der Waals surface area contributed by atoms with Crippen molar-refractivity contribution in [2.75, 3.05) is 33.9 Å². The van der Waals surface area contributed by atoms with Crippen LogP contribution in [0.2, 0.25) is 0 Å². The van der Waals surface area contributed by atoms with Crippen molar-refractivity contribution < 1.29 is 18.7 Å². The van der Waals surface area contributed by atoms with Gasteiger partial charge in [-0.05, 0) is 44.3 Å². The van der Waals surface area contributed by atoms with E-state index in [2.05, 4.69) is 5.32 Å². The quantitative estimate of drug-likeness (QED) is 0.699. The lowest BCUT2D eigenvalue weighted by Gasteiger charge is -2.25. The molecule has 0 radical (unpaired) electrons. The van der Waals surface area contributed by atoms with Crippen molar-refractivity contribution in [3.05, 3.63) is 59.9 Å². The first-order valence-electron chi connectivity index (χ1n) is 8.49. The van der Waals surface area contributed by atoms with Gasteiger partial charge >= 0.3 is 0 Å². The molecule has 140 valence electrons. The van der Waals surface area contributed by atoms with E-state index in [4.69, 9.17) is 9.47 Å². The molecule has 1 amide bonds. The Kier molecular flexibility index (Phi) is 7.41. The summed E-state index contributed by atoms with van der Waals surface area (Å²) in [5, 5.41) is 2.82. The maximum absolute atomic E-state index is 12.8. The first kappa shape index (κ1) is 19.7. The molecule has 0 aliphatic rings. The van der Waals surface area contributed by atoms with E-state index in [0.717, 1.165) is 11.3 Å². The Labute approximate surface area is 153 Å². The van der Waals surface area contributed by atoms with E-state index < -0.39 is 0 Å². The van der Waals surface area contributed by atoms with Gasteiger partial charge in [-0.15, -0.1) is 0 Å². The monoisotopic (exact) mass is 360 g/mol. The maximum atomic E-state index is 12.8. The van der Waals surface area contributed by atoms with E-state index in [-0.39, 0.29) is 24.3 Å². The molecule has 0 aliphatic carbocycles. The van der Waals surface area contributed by atoms with Crippen molar-refractivity contribution in [3.63, 3.8) is 0 Å². The third-order valence-corrected chi connectivity index (χ3v) is 4.15. The van der Waals surface area contributed by atoms with Gasteiger partial charge in [0.1, 0.15) is 23.9 Å². The normalized spacial score (nSPS) is 11.9. The molecule has 2 aromatic rings. The SMILES string of the molecule is COc1ccccc1C(C)N(C)CC(=O)NCCOc1ccc(F)cc1. The molecule has 0 bridgehead atoms. The zero-order valence-corrected chi connectivity index (χ0v) is 15.4. The minimum Gasteiger partial charge on any atom is -0.496 e. The molecule has 5 nitrogen and oxygen atoms in total. The Morgan fingerprint density at radius 3 is 2.58 bits per heavy atom. The maximum Gasteiger partial charge on any atom is 0.234 e. The summed E-state index contributed by atoms with van der Waals surface area (Å²) in [4.78, 5) is 14.1. The van der Waals surface area contributed by atoms with E-state index in [1.807, 2.05) is 43.1 Å². The number of rotatable bonds is 9. The van der Waals surface area contributed by atoms with Crippen LogP contribution in [0.3, 0.4) is 0 Å².